The topological polar surface area (TPSA) is 38.6 Å². The molecule has 0 saturated heterocycles. The van der Waals surface area contributed by atoms with Gasteiger partial charge in [0.2, 0.25) is 0 Å². The number of nitrogens with zero attached hydrogens (tertiary/aromatic N) is 2. The Balaban J connectivity index is 1.47. The van der Waals surface area contributed by atoms with Gasteiger partial charge in [-0.1, -0.05) is 18.5 Å². The number of aryl methyl sites for hydroxylation is 1. The van der Waals surface area contributed by atoms with Crippen LogP contribution in [0.3, 0.4) is 0 Å². The number of fused-ring (bicyclic) bond motifs is 1. The molecule has 0 saturated carbocycles. The molecule has 2 aromatic heterocycles. The number of aromatic nitrogens is 2. The smallest absolute Gasteiger partial charge is 0.193 e. The fraction of sp³-hybridized carbons (Fsp3) is 0.190. The molecule has 0 atom stereocenters. The molecule has 0 radical (unpaired) electrons. The van der Waals surface area contributed by atoms with Gasteiger partial charge in [0.25, 0.3) is 0 Å². The average molecular weight is 416 g/mol. The van der Waals surface area contributed by atoms with E-state index in [1.807, 2.05) is 47.3 Å². The first-order valence-electron chi connectivity index (χ1n) is 8.99. The maximum atomic E-state index is 13.8. The van der Waals surface area contributed by atoms with Gasteiger partial charge in [-0.2, -0.15) is 0 Å². The first-order chi connectivity index (χ1) is 13.6. The number of benzene rings is 2. The summed E-state index contributed by atoms with van der Waals surface area (Å²) in [6.45, 7) is 3.09. The van der Waals surface area contributed by atoms with Crippen LogP contribution in [-0.2, 0) is 19.5 Å². The highest BCUT2D eigenvalue weighted by atomic mass is 35.5. The van der Waals surface area contributed by atoms with Crippen molar-refractivity contribution >= 4 is 27.9 Å². The van der Waals surface area contributed by atoms with Crippen LogP contribution < -0.4 is 10.1 Å². The van der Waals surface area contributed by atoms with Crippen LogP contribution in [0.25, 0.3) is 4.96 Å². The Hall–Kier alpha value is -2.41. The van der Waals surface area contributed by atoms with E-state index in [0.29, 0.717) is 24.6 Å². The minimum atomic E-state index is -0.294. The zero-order valence-corrected chi connectivity index (χ0v) is 16.9. The maximum absolute atomic E-state index is 13.8. The average Bonchev–Trinajstić information content (AvgIpc) is 3.27. The third-order valence-electron chi connectivity index (χ3n) is 4.41. The summed E-state index contributed by atoms with van der Waals surface area (Å²) in [6, 6.07) is 10.1. The van der Waals surface area contributed by atoms with Crippen molar-refractivity contribution in [2.75, 3.05) is 0 Å². The van der Waals surface area contributed by atoms with Crippen LogP contribution in [0.2, 0.25) is 5.02 Å². The van der Waals surface area contributed by atoms with Gasteiger partial charge in [-0.3, -0.25) is 4.40 Å². The Morgan fingerprint density at radius 3 is 2.89 bits per heavy atom. The monoisotopic (exact) mass is 415 g/mol. The van der Waals surface area contributed by atoms with Gasteiger partial charge < -0.3 is 10.1 Å². The van der Waals surface area contributed by atoms with Crippen molar-refractivity contribution in [2.24, 2.45) is 0 Å². The fourth-order valence-corrected chi connectivity index (χ4v) is 3.95. The predicted octanol–water partition coefficient (Wildman–Crippen LogP) is 5.83. The number of nitrogens with one attached hydrogen (secondary N) is 1. The van der Waals surface area contributed by atoms with E-state index in [4.69, 9.17) is 16.3 Å². The number of rotatable bonds is 7. The maximum Gasteiger partial charge on any atom is 0.193 e. The minimum absolute atomic E-state index is 0.294. The van der Waals surface area contributed by atoms with E-state index < -0.39 is 0 Å². The van der Waals surface area contributed by atoms with E-state index in [-0.39, 0.29) is 5.82 Å². The van der Waals surface area contributed by atoms with Crippen LogP contribution in [0.1, 0.15) is 23.7 Å². The van der Waals surface area contributed by atoms with Crippen LogP contribution in [0.4, 0.5) is 4.39 Å². The summed E-state index contributed by atoms with van der Waals surface area (Å²) in [4.78, 5) is 5.50. The van der Waals surface area contributed by atoms with Crippen LogP contribution in [0.5, 0.6) is 11.5 Å². The van der Waals surface area contributed by atoms with Crippen molar-refractivity contribution in [2.45, 2.75) is 26.4 Å². The third-order valence-corrected chi connectivity index (χ3v) is 5.55. The molecule has 7 heteroatoms. The van der Waals surface area contributed by atoms with Gasteiger partial charge >= 0.3 is 0 Å². The molecule has 0 aliphatic rings. The second-order valence-corrected chi connectivity index (χ2v) is 7.67. The lowest BCUT2D eigenvalue weighted by atomic mass is 10.1. The molecular weight excluding hydrogens is 397 g/mol. The molecule has 144 valence electrons. The first-order valence-corrected chi connectivity index (χ1v) is 10.2. The number of hydrogen-bond donors (Lipinski definition) is 1. The van der Waals surface area contributed by atoms with Crippen LogP contribution in [0, 0.1) is 5.82 Å². The fourth-order valence-electron chi connectivity index (χ4n) is 2.98. The van der Waals surface area contributed by atoms with Crippen molar-refractivity contribution in [3.05, 3.63) is 81.8 Å². The predicted molar refractivity (Wildman–Crippen MR) is 111 cm³/mol. The van der Waals surface area contributed by atoms with E-state index >= 15 is 0 Å². The van der Waals surface area contributed by atoms with E-state index in [2.05, 4.69) is 10.3 Å². The van der Waals surface area contributed by atoms with Gasteiger partial charge in [0, 0.05) is 41.4 Å². The summed E-state index contributed by atoms with van der Waals surface area (Å²) in [5.74, 6) is 1.00. The van der Waals surface area contributed by atoms with Gasteiger partial charge in [-0.15, -0.1) is 11.3 Å². The molecule has 4 rings (SSSR count). The Morgan fingerprint density at radius 1 is 1.18 bits per heavy atom. The second-order valence-electron chi connectivity index (χ2n) is 6.39. The summed E-state index contributed by atoms with van der Waals surface area (Å²) in [6.07, 6.45) is 4.78. The van der Waals surface area contributed by atoms with Crippen molar-refractivity contribution in [1.29, 1.82) is 0 Å². The first kappa shape index (κ1) is 18.9. The Morgan fingerprint density at radius 2 is 2.07 bits per heavy atom. The van der Waals surface area contributed by atoms with E-state index in [9.17, 15) is 4.39 Å². The van der Waals surface area contributed by atoms with Crippen molar-refractivity contribution < 1.29 is 9.13 Å². The lowest BCUT2D eigenvalue weighted by Gasteiger charge is -2.13. The molecule has 0 aliphatic carbocycles. The third kappa shape index (κ3) is 4.19. The zero-order valence-electron chi connectivity index (χ0n) is 15.3. The highest BCUT2D eigenvalue weighted by molar-refractivity contribution is 7.15. The van der Waals surface area contributed by atoms with Crippen LogP contribution in [0.15, 0.2) is 54.2 Å². The number of thiazole rings is 1. The van der Waals surface area contributed by atoms with Crippen molar-refractivity contribution in [1.82, 2.24) is 14.7 Å². The summed E-state index contributed by atoms with van der Waals surface area (Å²) in [7, 11) is 0. The van der Waals surface area contributed by atoms with Gasteiger partial charge in [0.05, 0.1) is 5.69 Å². The summed E-state index contributed by atoms with van der Waals surface area (Å²) in [5, 5.41) is 6.03. The van der Waals surface area contributed by atoms with Crippen LogP contribution in [-0.4, -0.2) is 9.38 Å². The molecule has 2 aromatic carbocycles. The SMILES string of the molecule is CCc1cc(Oc2ccc(F)cc2CNCc2cn3ccsc3n2)ccc1Cl. The summed E-state index contributed by atoms with van der Waals surface area (Å²) >= 11 is 7.77. The largest absolute Gasteiger partial charge is 0.457 e. The zero-order chi connectivity index (χ0) is 19.5. The molecule has 1 N–H and O–H groups in total. The molecule has 0 amide bonds. The molecule has 28 heavy (non-hydrogen) atoms. The summed E-state index contributed by atoms with van der Waals surface area (Å²) < 4.78 is 21.8. The molecular formula is C21H19ClFN3OS. The van der Waals surface area contributed by atoms with E-state index in [0.717, 1.165) is 33.2 Å². The standard InChI is InChI=1S/C21H19ClFN3OS/c1-2-14-10-18(4-5-19(14)22)27-20-6-3-16(23)9-15(20)11-24-12-17-13-26-7-8-28-21(26)25-17/h3-10,13,24H,2,11-12H2,1H3. The van der Waals surface area contributed by atoms with E-state index in [1.54, 1.807) is 17.4 Å². The van der Waals surface area contributed by atoms with Gasteiger partial charge in [-0.05, 0) is 48.4 Å². The number of ether oxygens (including phenoxy) is 1. The molecule has 0 unspecified atom stereocenters. The molecule has 4 aromatic rings. The van der Waals surface area contributed by atoms with Crippen molar-refractivity contribution in [3.8, 4) is 11.5 Å². The molecule has 0 spiro atoms. The Bertz CT molecular complexity index is 1080. The number of hydrogen-bond acceptors (Lipinski definition) is 4. The van der Waals surface area contributed by atoms with Gasteiger partial charge in [0.15, 0.2) is 4.96 Å². The van der Waals surface area contributed by atoms with Gasteiger partial charge in [-0.25, -0.2) is 9.37 Å². The van der Waals surface area contributed by atoms with E-state index in [1.165, 1.54) is 12.1 Å². The molecule has 4 nitrogen and oxygen atoms in total. The summed E-state index contributed by atoms with van der Waals surface area (Å²) in [5.41, 5.74) is 2.70. The normalized spacial score (nSPS) is 11.2. The molecule has 2 heterocycles. The quantitative estimate of drug-likeness (QED) is 0.412. The second kappa shape index (κ2) is 8.31. The lowest BCUT2D eigenvalue weighted by molar-refractivity contribution is 0.469. The molecule has 0 bridgehead atoms. The Kier molecular flexibility index (Phi) is 5.62. The highest BCUT2D eigenvalue weighted by Crippen LogP contribution is 2.29. The highest BCUT2D eigenvalue weighted by Gasteiger charge is 2.09. The number of imidazole rings is 1. The molecule has 0 aliphatic heterocycles. The van der Waals surface area contributed by atoms with Crippen molar-refractivity contribution in [3.63, 3.8) is 0 Å². The van der Waals surface area contributed by atoms with Gasteiger partial charge in [0.1, 0.15) is 17.3 Å². The Labute approximate surface area is 171 Å². The number of halogens is 2. The molecule has 0 fully saturated rings. The minimum Gasteiger partial charge on any atom is -0.457 e. The lowest BCUT2D eigenvalue weighted by Crippen LogP contribution is -2.13. The van der Waals surface area contributed by atoms with Crippen LogP contribution >= 0.6 is 22.9 Å².